The fraction of sp³-hybridized carbons (Fsp3) is 0.375. The summed E-state index contributed by atoms with van der Waals surface area (Å²) in [5.74, 6) is 0.929. The van der Waals surface area contributed by atoms with Gasteiger partial charge >= 0.3 is 0 Å². The fourth-order valence-electron chi connectivity index (χ4n) is 3.17. The van der Waals surface area contributed by atoms with E-state index in [9.17, 15) is 0 Å². The molecule has 1 radical (unpaired) electrons. The number of ether oxygens (including phenoxy) is 2. The van der Waals surface area contributed by atoms with Crippen molar-refractivity contribution < 1.29 is 9.47 Å². The van der Waals surface area contributed by atoms with Crippen molar-refractivity contribution in [3.8, 4) is 0 Å². The number of hydrogen-bond acceptors (Lipinski definition) is 3. The van der Waals surface area contributed by atoms with Gasteiger partial charge in [-0.2, -0.15) is 0 Å². The lowest BCUT2D eigenvalue weighted by molar-refractivity contribution is 0.100. The van der Waals surface area contributed by atoms with E-state index in [1.165, 1.54) is 0 Å². The number of unbranched alkanes of at least 4 members (excludes halogenated alkanes) is 2. The van der Waals surface area contributed by atoms with Gasteiger partial charge in [-0.25, -0.2) is 10.3 Å². The van der Waals surface area contributed by atoms with Gasteiger partial charge in [0.15, 0.2) is 0 Å². The molecule has 2 aromatic rings. The van der Waals surface area contributed by atoms with Crippen molar-refractivity contribution >= 4 is 17.2 Å². The molecule has 0 amide bonds. The first kappa shape index (κ1) is 20.3. The highest BCUT2D eigenvalue weighted by atomic mass is 16.5. The number of nitrogens with zero attached hydrogens (tertiary/aromatic N) is 2. The molecule has 0 aliphatic carbocycles. The second-order valence-corrected chi connectivity index (χ2v) is 6.84. The van der Waals surface area contributed by atoms with Crippen LogP contribution in [-0.2, 0) is 9.47 Å². The Morgan fingerprint density at radius 2 is 1.32 bits per heavy atom. The third-order valence-electron chi connectivity index (χ3n) is 4.63. The molecule has 28 heavy (non-hydrogen) atoms. The zero-order chi connectivity index (χ0) is 19.4. The molecule has 1 heterocycles. The Morgan fingerprint density at radius 3 is 2.00 bits per heavy atom. The van der Waals surface area contributed by atoms with Gasteiger partial charge in [-0.1, -0.05) is 67.1 Å². The largest absolute Gasteiger partial charge is 0.385 e. The van der Waals surface area contributed by atoms with Gasteiger partial charge in [0.25, 0.3) is 0 Å². The molecular formula is C24H29N2O2. The van der Waals surface area contributed by atoms with Crippen LogP contribution in [0.2, 0.25) is 0 Å². The monoisotopic (exact) mass is 377 g/mol. The van der Waals surface area contributed by atoms with Crippen LogP contribution in [-0.4, -0.2) is 32.8 Å². The van der Waals surface area contributed by atoms with E-state index in [0.29, 0.717) is 0 Å². The quantitative estimate of drug-likeness (QED) is 0.481. The van der Waals surface area contributed by atoms with Crippen LogP contribution in [0.25, 0.3) is 11.4 Å². The lowest BCUT2D eigenvalue weighted by Crippen LogP contribution is -2.10. The Morgan fingerprint density at radius 1 is 0.679 bits per heavy atom. The smallest absolute Gasteiger partial charge is 0.129 e. The molecule has 0 unspecified atom stereocenters. The van der Waals surface area contributed by atoms with Crippen LogP contribution >= 0.6 is 0 Å². The maximum absolute atomic E-state index is 5.62. The molecule has 4 heteroatoms. The van der Waals surface area contributed by atoms with Crippen LogP contribution in [0.5, 0.6) is 0 Å². The molecule has 0 saturated heterocycles. The number of rotatable bonds is 12. The number of aliphatic imine (C=N–C) groups is 1. The number of hydrogen-bond donors (Lipinski definition) is 0. The van der Waals surface area contributed by atoms with Gasteiger partial charge in [-0.05, 0) is 19.3 Å². The third kappa shape index (κ3) is 6.04. The van der Waals surface area contributed by atoms with Crippen molar-refractivity contribution in [2.24, 2.45) is 4.99 Å². The van der Waals surface area contributed by atoms with E-state index in [0.717, 1.165) is 80.3 Å². The zero-order valence-electron chi connectivity index (χ0n) is 16.6. The topological polar surface area (TPSA) is 44.9 Å². The Bertz CT molecular complexity index is 770. The molecule has 0 saturated carbocycles. The van der Waals surface area contributed by atoms with Crippen molar-refractivity contribution in [1.82, 2.24) is 5.32 Å². The lowest BCUT2D eigenvalue weighted by atomic mass is 10.1. The summed E-state index contributed by atoms with van der Waals surface area (Å²) >= 11 is 0. The SMILES string of the molecule is COCCCOCCCCCC1=NC(c2ccccc2)=C(c2ccccc2)[N]1. The summed E-state index contributed by atoms with van der Waals surface area (Å²) in [6.45, 7) is 2.36. The molecule has 0 bridgehead atoms. The number of amidine groups is 1. The summed E-state index contributed by atoms with van der Waals surface area (Å²) in [6, 6.07) is 20.6. The van der Waals surface area contributed by atoms with Crippen LogP contribution in [0.3, 0.4) is 0 Å². The first-order chi connectivity index (χ1) is 13.9. The Kier molecular flexibility index (Phi) is 8.28. The molecule has 147 valence electrons. The minimum Gasteiger partial charge on any atom is -0.385 e. The summed E-state index contributed by atoms with van der Waals surface area (Å²) in [6.07, 6.45) is 5.14. The molecule has 0 N–H and O–H groups in total. The maximum atomic E-state index is 5.62. The van der Waals surface area contributed by atoms with E-state index in [1.807, 2.05) is 36.4 Å². The normalized spacial score (nSPS) is 13.5. The van der Waals surface area contributed by atoms with E-state index in [1.54, 1.807) is 7.11 Å². The Labute approximate surface area is 168 Å². The fourth-order valence-corrected chi connectivity index (χ4v) is 3.17. The van der Waals surface area contributed by atoms with Gasteiger partial charge in [0, 0.05) is 44.5 Å². The summed E-state index contributed by atoms with van der Waals surface area (Å²) in [5, 5.41) is 4.87. The van der Waals surface area contributed by atoms with Crippen molar-refractivity contribution in [3.63, 3.8) is 0 Å². The van der Waals surface area contributed by atoms with Crippen molar-refractivity contribution in [3.05, 3.63) is 71.8 Å². The first-order valence-corrected chi connectivity index (χ1v) is 10.1. The van der Waals surface area contributed by atoms with E-state index >= 15 is 0 Å². The molecule has 0 aromatic heterocycles. The molecule has 4 nitrogen and oxygen atoms in total. The van der Waals surface area contributed by atoms with Crippen LogP contribution < -0.4 is 5.32 Å². The molecular weight excluding hydrogens is 348 g/mol. The van der Waals surface area contributed by atoms with Crippen LogP contribution in [0, 0.1) is 0 Å². The minimum atomic E-state index is 0.766. The average molecular weight is 378 g/mol. The second-order valence-electron chi connectivity index (χ2n) is 6.84. The van der Waals surface area contributed by atoms with Crippen molar-refractivity contribution in [2.45, 2.75) is 32.1 Å². The van der Waals surface area contributed by atoms with Crippen LogP contribution in [0.15, 0.2) is 65.7 Å². The molecule has 0 fully saturated rings. The van der Waals surface area contributed by atoms with Crippen molar-refractivity contribution in [1.29, 1.82) is 0 Å². The third-order valence-corrected chi connectivity index (χ3v) is 4.63. The van der Waals surface area contributed by atoms with E-state index < -0.39 is 0 Å². The summed E-state index contributed by atoms with van der Waals surface area (Å²) in [4.78, 5) is 4.87. The summed E-state index contributed by atoms with van der Waals surface area (Å²) < 4.78 is 10.6. The highest BCUT2D eigenvalue weighted by molar-refractivity contribution is 6.07. The van der Waals surface area contributed by atoms with E-state index in [4.69, 9.17) is 19.8 Å². The molecule has 0 spiro atoms. The minimum absolute atomic E-state index is 0.766. The standard InChI is InChI=1S/C24H29N2O2/c1-27-17-11-19-28-18-10-4-9-16-22-25-23(20-12-5-2-6-13-20)24(26-22)21-14-7-3-8-15-21/h2-3,5-8,12-15H,4,9-11,16-19H2,1H3. The van der Waals surface area contributed by atoms with Gasteiger partial charge in [0.05, 0.1) is 11.4 Å². The molecule has 1 aliphatic heterocycles. The molecule has 2 aromatic carbocycles. The Balaban J connectivity index is 1.51. The van der Waals surface area contributed by atoms with Gasteiger partial charge in [-0.3, -0.25) is 0 Å². The predicted octanol–water partition coefficient (Wildman–Crippen LogP) is 5.14. The van der Waals surface area contributed by atoms with Gasteiger partial charge in [-0.15, -0.1) is 0 Å². The van der Waals surface area contributed by atoms with Gasteiger partial charge < -0.3 is 9.47 Å². The highest BCUT2D eigenvalue weighted by Gasteiger charge is 2.21. The van der Waals surface area contributed by atoms with E-state index in [2.05, 4.69) is 24.3 Å². The van der Waals surface area contributed by atoms with Gasteiger partial charge in [0.1, 0.15) is 5.84 Å². The van der Waals surface area contributed by atoms with Crippen LogP contribution in [0.4, 0.5) is 0 Å². The highest BCUT2D eigenvalue weighted by Crippen LogP contribution is 2.31. The molecule has 3 rings (SSSR count). The predicted molar refractivity (Wildman–Crippen MR) is 115 cm³/mol. The summed E-state index contributed by atoms with van der Waals surface area (Å²) in [5.41, 5.74) is 4.18. The van der Waals surface area contributed by atoms with Gasteiger partial charge in [0.2, 0.25) is 0 Å². The average Bonchev–Trinajstić information content (AvgIpc) is 3.18. The van der Waals surface area contributed by atoms with E-state index in [-0.39, 0.29) is 0 Å². The summed E-state index contributed by atoms with van der Waals surface area (Å²) in [7, 11) is 1.72. The van der Waals surface area contributed by atoms with Crippen LogP contribution in [0.1, 0.15) is 43.2 Å². The second kappa shape index (κ2) is 11.4. The molecule has 1 aliphatic rings. The maximum Gasteiger partial charge on any atom is 0.129 e. The first-order valence-electron chi connectivity index (χ1n) is 10.1. The number of methoxy groups -OCH3 is 1. The zero-order valence-corrected chi connectivity index (χ0v) is 16.6. The Hall–Kier alpha value is -2.43. The number of benzene rings is 2. The lowest BCUT2D eigenvalue weighted by Gasteiger charge is -2.06. The van der Waals surface area contributed by atoms with Crippen molar-refractivity contribution in [2.75, 3.05) is 26.9 Å². The molecule has 0 atom stereocenters.